The summed E-state index contributed by atoms with van der Waals surface area (Å²) in [5, 5.41) is 16.1. The predicted molar refractivity (Wildman–Crippen MR) is 99.3 cm³/mol. The molecule has 25 heavy (non-hydrogen) atoms. The highest BCUT2D eigenvalue weighted by Crippen LogP contribution is 2.18. The lowest BCUT2D eigenvalue weighted by Gasteiger charge is -2.21. The Morgan fingerprint density at radius 2 is 2.00 bits per heavy atom. The number of urea groups is 1. The molecular weight excluding hydrogens is 358 g/mol. The van der Waals surface area contributed by atoms with Gasteiger partial charge in [-0.3, -0.25) is 10.1 Å². The van der Waals surface area contributed by atoms with Crippen LogP contribution in [-0.2, 0) is 6.42 Å². The number of nitrogens with one attached hydrogen (secondary N) is 1. The van der Waals surface area contributed by atoms with Gasteiger partial charge < -0.3 is 9.80 Å². The zero-order valence-corrected chi connectivity index (χ0v) is 15.7. The van der Waals surface area contributed by atoms with Gasteiger partial charge in [-0.25, -0.2) is 4.79 Å². The van der Waals surface area contributed by atoms with Gasteiger partial charge in [0.05, 0.1) is 5.56 Å². The molecule has 134 valence electrons. The number of aromatic nitrogens is 2. The van der Waals surface area contributed by atoms with E-state index in [1.807, 2.05) is 21.7 Å². The van der Waals surface area contributed by atoms with Crippen molar-refractivity contribution in [3.63, 3.8) is 0 Å². The van der Waals surface area contributed by atoms with E-state index < -0.39 is 0 Å². The lowest BCUT2D eigenvalue weighted by Crippen LogP contribution is -2.39. The van der Waals surface area contributed by atoms with Crippen LogP contribution in [0.3, 0.4) is 0 Å². The van der Waals surface area contributed by atoms with Crippen molar-refractivity contribution in [1.82, 2.24) is 20.0 Å². The number of anilines is 1. The lowest BCUT2D eigenvalue weighted by atomic mass is 10.3. The molecule has 1 saturated heterocycles. The van der Waals surface area contributed by atoms with E-state index in [1.54, 1.807) is 4.90 Å². The Bertz CT molecular complexity index is 716. The SMILES string of the molecule is CCCc1nnc(NC(=O)N2CCCN(C(=O)c3ccsc3)CC2)s1. The second-order valence-electron chi connectivity index (χ2n) is 5.83. The van der Waals surface area contributed by atoms with Crippen molar-refractivity contribution in [1.29, 1.82) is 0 Å². The van der Waals surface area contributed by atoms with Crippen molar-refractivity contribution >= 4 is 39.7 Å². The average Bonchev–Trinajstić information content (AvgIpc) is 3.22. The van der Waals surface area contributed by atoms with E-state index in [9.17, 15) is 9.59 Å². The molecule has 0 aliphatic carbocycles. The minimum Gasteiger partial charge on any atom is -0.337 e. The van der Waals surface area contributed by atoms with Gasteiger partial charge in [0, 0.05) is 38.0 Å². The van der Waals surface area contributed by atoms with Crippen molar-refractivity contribution in [3.8, 4) is 0 Å². The number of thiophene rings is 1. The van der Waals surface area contributed by atoms with Crippen LogP contribution in [0.5, 0.6) is 0 Å². The van der Waals surface area contributed by atoms with E-state index in [0.29, 0.717) is 31.3 Å². The van der Waals surface area contributed by atoms with E-state index in [1.165, 1.54) is 22.7 Å². The summed E-state index contributed by atoms with van der Waals surface area (Å²) in [5.74, 6) is 0.0387. The van der Waals surface area contributed by atoms with Gasteiger partial charge in [-0.05, 0) is 24.3 Å². The smallest absolute Gasteiger partial charge is 0.323 e. The molecule has 2 aromatic heterocycles. The lowest BCUT2D eigenvalue weighted by molar-refractivity contribution is 0.0763. The third kappa shape index (κ3) is 4.55. The van der Waals surface area contributed by atoms with Crippen LogP contribution in [0.25, 0.3) is 0 Å². The maximum Gasteiger partial charge on any atom is 0.323 e. The fourth-order valence-electron chi connectivity index (χ4n) is 2.68. The van der Waals surface area contributed by atoms with Crippen LogP contribution in [0.1, 0.15) is 35.1 Å². The summed E-state index contributed by atoms with van der Waals surface area (Å²) in [6.45, 7) is 4.43. The van der Waals surface area contributed by atoms with Crippen molar-refractivity contribution in [2.45, 2.75) is 26.2 Å². The Balaban J connectivity index is 1.55. The highest BCUT2D eigenvalue weighted by molar-refractivity contribution is 7.15. The Morgan fingerprint density at radius 1 is 1.20 bits per heavy atom. The van der Waals surface area contributed by atoms with Crippen LogP contribution in [-0.4, -0.2) is 58.1 Å². The molecule has 0 atom stereocenters. The van der Waals surface area contributed by atoms with E-state index in [4.69, 9.17) is 0 Å². The highest BCUT2D eigenvalue weighted by atomic mass is 32.1. The van der Waals surface area contributed by atoms with Gasteiger partial charge in [0.1, 0.15) is 5.01 Å². The quantitative estimate of drug-likeness (QED) is 0.886. The van der Waals surface area contributed by atoms with Gasteiger partial charge in [0.2, 0.25) is 5.13 Å². The Labute approximate surface area is 154 Å². The maximum atomic E-state index is 12.4. The van der Waals surface area contributed by atoms with Gasteiger partial charge in [0.25, 0.3) is 5.91 Å². The van der Waals surface area contributed by atoms with E-state index in [-0.39, 0.29) is 11.9 Å². The molecule has 2 aromatic rings. The van der Waals surface area contributed by atoms with Crippen LogP contribution in [0.4, 0.5) is 9.93 Å². The number of carbonyl (C=O) groups excluding carboxylic acids is 2. The summed E-state index contributed by atoms with van der Waals surface area (Å²) in [5.41, 5.74) is 0.722. The molecule has 0 bridgehead atoms. The summed E-state index contributed by atoms with van der Waals surface area (Å²) in [4.78, 5) is 28.4. The van der Waals surface area contributed by atoms with Crippen molar-refractivity contribution in [2.24, 2.45) is 0 Å². The molecule has 0 unspecified atom stereocenters. The zero-order valence-electron chi connectivity index (χ0n) is 14.1. The number of nitrogens with zero attached hydrogens (tertiary/aromatic N) is 4. The molecule has 0 spiro atoms. The fourth-order valence-corrected chi connectivity index (χ4v) is 4.14. The molecule has 1 N–H and O–H groups in total. The van der Waals surface area contributed by atoms with E-state index in [2.05, 4.69) is 22.4 Å². The molecule has 3 heterocycles. The van der Waals surface area contributed by atoms with Crippen molar-refractivity contribution in [2.75, 3.05) is 31.5 Å². The van der Waals surface area contributed by atoms with Crippen LogP contribution in [0.15, 0.2) is 16.8 Å². The summed E-state index contributed by atoms with van der Waals surface area (Å²) in [7, 11) is 0. The summed E-state index contributed by atoms with van der Waals surface area (Å²) >= 11 is 2.93. The summed E-state index contributed by atoms with van der Waals surface area (Å²) in [6, 6.07) is 1.66. The monoisotopic (exact) mass is 379 g/mol. The van der Waals surface area contributed by atoms with Crippen LogP contribution in [0.2, 0.25) is 0 Å². The zero-order chi connectivity index (χ0) is 17.6. The summed E-state index contributed by atoms with van der Waals surface area (Å²) < 4.78 is 0. The molecule has 9 heteroatoms. The Kier molecular flexibility index (Phi) is 5.98. The van der Waals surface area contributed by atoms with Crippen molar-refractivity contribution < 1.29 is 9.59 Å². The minimum absolute atomic E-state index is 0.0387. The molecule has 0 radical (unpaired) electrons. The molecule has 3 rings (SSSR count). The largest absolute Gasteiger partial charge is 0.337 e. The first-order chi connectivity index (χ1) is 12.2. The summed E-state index contributed by atoms with van der Waals surface area (Å²) in [6.07, 6.45) is 2.64. The number of hydrogen-bond acceptors (Lipinski definition) is 6. The van der Waals surface area contributed by atoms with Crippen molar-refractivity contribution in [3.05, 3.63) is 27.4 Å². The molecule has 0 saturated carbocycles. The molecule has 3 amide bonds. The number of carbonyl (C=O) groups is 2. The third-order valence-electron chi connectivity index (χ3n) is 3.98. The molecule has 1 fully saturated rings. The molecular formula is C16H21N5O2S2. The second kappa shape index (κ2) is 8.39. The first kappa shape index (κ1) is 17.8. The van der Waals surface area contributed by atoms with Gasteiger partial charge >= 0.3 is 6.03 Å². The minimum atomic E-state index is -0.177. The van der Waals surface area contributed by atoms with Gasteiger partial charge in [0.15, 0.2) is 0 Å². The molecule has 0 aromatic carbocycles. The van der Waals surface area contributed by atoms with Gasteiger partial charge in [-0.2, -0.15) is 11.3 Å². The maximum absolute atomic E-state index is 12.4. The number of hydrogen-bond donors (Lipinski definition) is 1. The third-order valence-corrected chi connectivity index (χ3v) is 5.56. The average molecular weight is 380 g/mol. The second-order valence-corrected chi connectivity index (χ2v) is 7.67. The topological polar surface area (TPSA) is 78.4 Å². The first-order valence-electron chi connectivity index (χ1n) is 8.37. The molecule has 1 aliphatic rings. The Hall–Kier alpha value is -2.00. The number of rotatable bonds is 4. The highest BCUT2D eigenvalue weighted by Gasteiger charge is 2.23. The molecule has 7 nitrogen and oxygen atoms in total. The predicted octanol–water partition coefficient (Wildman–Crippen LogP) is 2.93. The molecule has 1 aliphatic heterocycles. The van der Waals surface area contributed by atoms with E-state index in [0.717, 1.165) is 29.8 Å². The van der Waals surface area contributed by atoms with Gasteiger partial charge in [-0.15, -0.1) is 10.2 Å². The van der Waals surface area contributed by atoms with Crippen LogP contribution < -0.4 is 5.32 Å². The normalized spacial score (nSPS) is 15.1. The van der Waals surface area contributed by atoms with Crippen LogP contribution >= 0.6 is 22.7 Å². The van der Waals surface area contributed by atoms with E-state index >= 15 is 0 Å². The fraction of sp³-hybridized carbons (Fsp3) is 0.500. The number of amides is 3. The Morgan fingerprint density at radius 3 is 2.76 bits per heavy atom. The standard InChI is InChI=1S/C16H21N5O2S2/c1-2-4-13-18-19-15(25-13)17-16(23)21-7-3-6-20(8-9-21)14(22)12-5-10-24-11-12/h5,10-11H,2-4,6-9H2,1H3,(H,17,19,23). The van der Waals surface area contributed by atoms with Crippen LogP contribution in [0, 0.1) is 0 Å². The first-order valence-corrected chi connectivity index (χ1v) is 10.1. The van der Waals surface area contributed by atoms with Gasteiger partial charge in [-0.1, -0.05) is 18.3 Å². The number of aryl methyl sites for hydroxylation is 1.